The molecule has 0 bridgehead atoms. The van der Waals surface area contributed by atoms with Gasteiger partial charge in [0.05, 0.1) is 6.61 Å². The van der Waals surface area contributed by atoms with Crippen molar-refractivity contribution in [1.29, 1.82) is 0 Å². The first kappa shape index (κ1) is 64.4. The topological polar surface area (TPSA) is 57.2 Å². The normalized spacial score (nSPS) is 16.3. The molecule has 402 valence electrons. The van der Waals surface area contributed by atoms with Gasteiger partial charge in [-0.2, -0.15) is 79.0 Å². The number of ether oxygens (including phenoxy) is 4. The number of rotatable bonds is 10. The molecule has 0 saturated carbocycles. The number of benzene rings is 4. The predicted octanol–water partition coefficient (Wildman–Crippen LogP) is 15.0. The van der Waals surface area contributed by atoms with Crippen LogP contribution in [0.4, 0.5) is 79.0 Å². The molecule has 0 aliphatic rings. The largest absolute Gasteiger partial charge is 0.430 e. The second kappa shape index (κ2) is 23.1. The molecule has 0 radical (unpaired) electrons. The van der Waals surface area contributed by atoms with Gasteiger partial charge in [0.1, 0.15) is 5.41 Å². The number of aliphatic hydroxyl groups excluding tert-OH is 1. The van der Waals surface area contributed by atoms with Crippen LogP contribution >= 0.6 is 0 Å². The fourth-order valence-corrected chi connectivity index (χ4v) is 6.50. The lowest BCUT2D eigenvalue weighted by atomic mass is 9.79. The van der Waals surface area contributed by atoms with Crippen LogP contribution in [0.25, 0.3) is 0 Å². The maximum Gasteiger partial charge on any atom is 0.430 e. The van der Waals surface area contributed by atoms with E-state index in [0.717, 1.165) is 90.5 Å². The van der Waals surface area contributed by atoms with Crippen molar-refractivity contribution >= 4 is 0 Å². The van der Waals surface area contributed by atoms with E-state index in [9.17, 15) is 84.1 Å². The molecule has 0 aromatic heterocycles. The summed E-state index contributed by atoms with van der Waals surface area (Å²) in [5.74, 6) is 0. The van der Waals surface area contributed by atoms with E-state index in [1.807, 2.05) is 6.92 Å². The number of hydrogen-bond donors (Lipinski definition) is 1. The molecule has 4 aromatic carbocycles. The van der Waals surface area contributed by atoms with Gasteiger partial charge < -0.3 is 24.1 Å². The molecule has 0 heterocycles. The molecule has 23 heteroatoms. The lowest BCUT2D eigenvalue weighted by molar-refractivity contribution is -0.383. The number of methoxy groups -OCH3 is 4. The molecule has 0 aliphatic carbocycles. The Hall–Kier alpha value is -4.58. The molecule has 4 aromatic rings. The van der Waals surface area contributed by atoms with Gasteiger partial charge in [0.25, 0.3) is 5.60 Å². The van der Waals surface area contributed by atoms with Gasteiger partial charge in [-0.3, -0.25) is 0 Å². The quantitative estimate of drug-likeness (QED) is 0.160. The standard InChI is InChI=1S/C15H18F6O2.C11H10F6O.2C11H13F3O/c1-9-5-10(12(2,8-22)14(16,17)18)7-11(6-9)13(3,23-4)15(19,20)21;1-7-5-3-4-6-8(7)9(18-2,10(12,13)14)11(15,16)17;1-8-4-6-9(7-5-8)10(2,15-3)11(12,13)14;1-8-5-4-6-9(7-8)10(2,15-3)11(12,13)14/h5-7,22H,8H2,1-4H3;3-6H,1-2H3;2*4-7H,1-3H3. The summed E-state index contributed by atoms with van der Waals surface area (Å²) < 4.78 is 251. The fourth-order valence-electron chi connectivity index (χ4n) is 6.50. The molecule has 0 aliphatic heterocycles. The fraction of sp³-hybridized carbons (Fsp3) is 0.500. The summed E-state index contributed by atoms with van der Waals surface area (Å²) in [7, 11) is 3.36. The summed E-state index contributed by atoms with van der Waals surface area (Å²) in [6.07, 6.45) is -29.7. The van der Waals surface area contributed by atoms with E-state index in [1.165, 1.54) is 50.2 Å². The van der Waals surface area contributed by atoms with Gasteiger partial charge in [-0.1, -0.05) is 108 Å². The van der Waals surface area contributed by atoms with Crippen LogP contribution in [0, 0.1) is 27.7 Å². The van der Waals surface area contributed by atoms with Gasteiger partial charge in [0.2, 0.25) is 0 Å². The molecule has 71 heavy (non-hydrogen) atoms. The summed E-state index contributed by atoms with van der Waals surface area (Å²) in [4.78, 5) is 0. The molecular weight excluding hydrogens is 998 g/mol. The third-order valence-electron chi connectivity index (χ3n) is 11.9. The maximum absolute atomic E-state index is 13.3. The van der Waals surface area contributed by atoms with Crippen molar-refractivity contribution in [3.63, 3.8) is 0 Å². The van der Waals surface area contributed by atoms with E-state index >= 15 is 0 Å². The molecular formula is C48H54F18O5. The van der Waals surface area contributed by atoms with Crippen LogP contribution in [0.15, 0.2) is 91.0 Å². The van der Waals surface area contributed by atoms with Gasteiger partial charge in [0.15, 0.2) is 16.8 Å². The highest BCUT2D eigenvalue weighted by Crippen LogP contribution is 2.53. The van der Waals surface area contributed by atoms with E-state index in [1.54, 1.807) is 31.2 Å². The first-order valence-corrected chi connectivity index (χ1v) is 20.5. The van der Waals surface area contributed by atoms with E-state index in [-0.39, 0.29) is 22.3 Å². The summed E-state index contributed by atoms with van der Waals surface area (Å²) in [6.45, 7) is 8.37. The molecule has 1 N–H and O–H groups in total. The van der Waals surface area contributed by atoms with Crippen molar-refractivity contribution < 1.29 is 103 Å². The Morgan fingerprint density at radius 2 is 0.761 bits per heavy atom. The van der Waals surface area contributed by atoms with Crippen molar-refractivity contribution in [1.82, 2.24) is 0 Å². The Labute approximate surface area is 399 Å². The Kier molecular flexibility index (Phi) is 21.0. The van der Waals surface area contributed by atoms with E-state index in [0.29, 0.717) is 7.11 Å². The third-order valence-corrected chi connectivity index (χ3v) is 11.9. The molecule has 4 unspecified atom stereocenters. The zero-order chi connectivity index (χ0) is 55.8. The lowest BCUT2D eigenvalue weighted by Crippen LogP contribution is -2.55. The highest BCUT2D eigenvalue weighted by molar-refractivity contribution is 5.39. The molecule has 0 saturated heterocycles. The summed E-state index contributed by atoms with van der Waals surface area (Å²) in [5.41, 5.74) is -14.1. The average molecular weight is 1050 g/mol. The highest BCUT2D eigenvalue weighted by Gasteiger charge is 2.73. The lowest BCUT2D eigenvalue weighted by Gasteiger charge is -2.37. The SMILES string of the molecule is COC(C)(c1cc(C)cc(C(C)(CO)C(F)(F)F)c1)C(F)(F)F.COC(C)(c1ccc(C)cc1)C(F)(F)F.COC(C)(c1cccc(C)c1)C(F)(F)F.COC(c1ccccc1C)(C(F)(F)F)C(F)(F)F. The molecule has 5 nitrogen and oxygen atoms in total. The first-order chi connectivity index (χ1) is 31.9. The van der Waals surface area contributed by atoms with Crippen LogP contribution < -0.4 is 0 Å². The minimum atomic E-state index is -5.61. The minimum absolute atomic E-state index is 0.114. The number of aliphatic hydroxyl groups is 1. The van der Waals surface area contributed by atoms with E-state index in [2.05, 4.69) is 18.9 Å². The van der Waals surface area contributed by atoms with Crippen molar-refractivity contribution in [3.8, 4) is 0 Å². The molecule has 4 rings (SSSR count). The summed E-state index contributed by atoms with van der Waals surface area (Å²) in [6, 6.07) is 19.8. The minimum Gasteiger partial charge on any atom is -0.395 e. The van der Waals surface area contributed by atoms with Crippen LogP contribution in [0.1, 0.15) is 77.8 Å². The molecule has 0 amide bonds. The Bertz CT molecular complexity index is 2240. The van der Waals surface area contributed by atoms with Gasteiger partial charge in [-0.15, -0.1) is 0 Å². The van der Waals surface area contributed by atoms with Crippen LogP contribution in [-0.4, -0.2) is 77.2 Å². The van der Waals surface area contributed by atoms with Crippen molar-refractivity contribution in [2.75, 3.05) is 35.0 Å². The monoisotopic (exact) mass is 1050 g/mol. The third kappa shape index (κ3) is 13.9. The van der Waals surface area contributed by atoms with Crippen LogP contribution in [-0.2, 0) is 46.8 Å². The summed E-state index contributed by atoms with van der Waals surface area (Å²) in [5, 5.41) is 9.20. The highest BCUT2D eigenvalue weighted by atomic mass is 19.4. The van der Waals surface area contributed by atoms with Crippen LogP contribution in [0.3, 0.4) is 0 Å². The van der Waals surface area contributed by atoms with Gasteiger partial charge in [0, 0.05) is 34.0 Å². The number of halogens is 18. The van der Waals surface area contributed by atoms with Crippen LogP contribution in [0.2, 0.25) is 0 Å². The zero-order valence-corrected chi connectivity index (χ0v) is 40.3. The Balaban J connectivity index is 0.000000481. The predicted molar refractivity (Wildman–Crippen MR) is 227 cm³/mol. The smallest absolute Gasteiger partial charge is 0.395 e. The Morgan fingerprint density at radius 1 is 0.366 bits per heavy atom. The second-order valence-corrected chi connectivity index (χ2v) is 16.7. The van der Waals surface area contributed by atoms with Gasteiger partial charge >= 0.3 is 37.1 Å². The van der Waals surface area contributed by atoms with Crippen molar-refractivity contribution in [2.24, 2.45) is 0 Å². The van der Waals surface area contributed by atoms with E-state index < -0.39 is 88.2 Å². The first-order valence-electron chi connectivity index (χ1n) is 20.5. The average Bonchev–Trinajstić information content (AvgIpc) is 3.24. The number of aryl methyl sites for hydroxylation is 4. The molecule has 4 atom stereocenters. The van der Waals surface area contributed by atoms with Crippen molar-refractivity contribution in [3.05, 3.63) is 141 Å². The number of hydrogen-bond acceptors (Lipinski definition) is 5. The second-order valence-electron chi connectivity index (χ2n) is 16.7. The van der Waals surface area contributed by atoms with Crippen molar-refractivity contribution in [2.45, 2.75) is 120 Å². The van der Waals surface area contributed by atoms with Gasteiger partial charge in [-0.25, -0.2) is 0 Å². The van der Waals surface area contributed by atoms with E-state index in [4.69, 9.17) is 0 Å². The Morgan fingerprint density at radius 3 is 1.11 bits per heavy atom. The maximum atomic E-state index is 13.3. The molecule has 0 fully saturated rings. The van der Waals surface area contributed by atoms with Gasteiger partial charge in [-0.05, 0) is 83.2 Å². The molecule has 0 spiro atoms. The van der Waals surface area contributed by atoms with Crippen LogP contribution in [0.5, 0.6) is 0 Å². The number of alkyl halides is 18. The zero-order valence-electron chi connectivity index (χ0n) is 40.3. The summed E-state index contributed by atoms with van der Waals surface area (Å²) >= 11 is 0.